The van der Waals surface area contributed by atoms with Gasteiger partial charge in [-0.1, -0.05) is 23.2 Å². The highest BCUT2D eigenvalue weighted by Crippen LogP contribution is 2.33. The van der Waals surface area contributed by atoms with Gasteiger partial charge in [-0.2, -0.15) is 5.26 Å². The molecule has 0 N–H and O–H groups in total. The third-order valence-corrected chi connectivity index (χ3v) is 2.99. The van der Waals surface area contributed by atoms with Crippen LogP contribution in [0, 0.1) is 11.3 Å². The minimum absolute atomic E-state index is 0.376. The fourth-order valence-electron chi connectivity index (χ4n) is 1.42. The van der Waals surface area contributed by atoms with E-state index in [0.717, 1.165) is 0 Å². The average molecular weight is 253 g/mol. The Kier molecular flexibility index (Phi) is 2.86. The minimum Gasteiger partial charge on any atom is -0.495 e. The second kappa shape index (κ2) is 4.17. The Balaban J connectivity index is 2.85. The van der Waals surface area contributed by atoms with Crippen LogP contribution in [0.15, 0.2) is 18.3 Å². The molecule has 0 saturated heterocycles. The molecule has 0 atom stereocenters. The van der Waals surface area contributed by atoms with Crippen LogP contribution in [0.25, 0.3) is 10.9 Å². The number of ether oxygens (including phenoxy) is 1. The number of halogens is 2. The lowest BCUT2D eigenvalue weighted by Crippen LogP contribution is -1.90. The first kappa shape index (κ1) is 11.0. The molecule has 0 spiro atoms. The summed E-state index contributed by atoms with van der Waals surface area (Å²) < 4.78 is 5.09. The number of aromatic nitrogens is 1. The van der Waals surface area contributed by atoms with Crippen LogP contribution >= 0.6 is 23.2 Å². The van der Waals surface area contributed by atoms with Gasteiger partial charge in [-0.05, 0) is 12.1 Å². The largest absolute Gasteiger partial charge is 0.495 e. The second-order valence-corrected chi connectivity index (χ2v) is 3.89. The third kappa shape index (κ3) is 1.67. The van der Waals surface area contributed by atoms with Gasteiger partial charge in [0.1, 0.15) is 11.8 Å². The van der Waals surface area contributed by atoms with Crippen LogP contribution in [0.3, 0.4) is 0 Å². The highest BCUT2D eigenvalue weighted by atomic mass is 35.5. The monoisotopic (exact) mass is 252 g/mol. The van der Waals surface area contributed by atoms with Crippen molar-refractivity contribution in [1.29, 1.82) is 5.26 Å². The average Bonchev–Trinajstić information content (AvgIpc) is 2.32. The third-order valence-electron chi connectivity index (χ3n) is 2.20. The number of fused-ring (bicyclic) bond motifs is 1. The summed E-state index contributed by atoms with van der Waals surface area (Å²) >= 11 is 11.9. The Labute approximate surface area is 102 Å². The highest BCUT2D eigenvalue weighted by Gasteiger charge is 2.10. The van der Waals surface area contributed by atoms with Gasteiger partial charge in [-0.15, -0.1) is 0 Å². The number of benzene rings is 1. The van der Waals surface area contributed by atoms with Crippen molar-refractivity contribution < 1.29 is 4.74 Å². The van der Waals surface area contributed by atoms with Crippen molar-refractivity contribution in [2.24, 2.45) is 0 Å². The zero-order valence-electron chi connectivity index (χ0n) is 8.29. The molecule has 0 bridgehead atoms. The Morgan fingerprint density at radius 1 is 1.38 bits per heavy atom. The van der Waals surface area contributed by atoms with E-state index in [2.05, 4.69) is 4.98 Å². The van der Waals surface area contributed by atoms with E-state index >= 15 is 0 Å². The predicted molar refractivity (Wildman–Crippen MR) is 63.0 cm³/mol. The van der Waals surface area contributed by atoms with E-state index in [1.807, 2.05) is 6.07 Å². The van der Waals surface area contributed by atoms with Gasteiger partial charge in [-0.25, -0.2) is 0 Å². The van der Waals surface area contributed by atoms with Crippen LogP contribution in [0.2, 0.25) is 10.0 Å². The first-order valence-corrected chi connectivity index (χ1v) is 5.15. The van der Waals surface area contributed by atoms with E-state index < -0.39 is 0 Å². The Morgan fingerprint density at radius 3 is 2.75 bits per heavy atom. The second-order valence-electron chi connectivity index (χ2n) is 3.10. The van der Waals surface area contributed by atoms with Crippen molar-refractivity contribution in [2.45, 2.75) is 0 Å². The van der Waals surface area contributed by atoms with Gasteiger partial charge >= 0.3 is 0 Å². The Morgan fingerprint density at radius 2 is 2.12 bits per heavy atom. The summed E-state index contributed by atoms with van der Waals surface area (Å²) in [5.41, 5.74) is 1.03. The molecular weight excluding hydrogens is 247 g/mol. The van der Waals surface area contributed by atoms with Gasteiger partial charge in [0.2, 0.25) is 0 Å². The van der Waals surface area contributed by atoms with Crippen molar-refractivity contribution in [3.8, 4) is 11.8 Å². The molecular formula is C11H6Cl2N2O. The van der Waals surface area contributed by atoms with Crippen molar-refractivity contribution in [3.05, 3.63) is 33.9 Å². The van der Waals surface area contributed by atoms with E-state index in [1.165, 1.54) is 13.3 Å². The maximum Gasteiger partial charge on any atom is 0.137 e. The zero-order chi connectivity index (χ0) is 11.7. The molecule has 3 nitrogen and oxygen atoms in total. The summed E-state index contributed by atoms with van der Waals surface area (Å²) in [5.74, 6) is 0.459. The fraction of sp³-hybridized carbons (Fsp3) is 0.0909. The maximum absolute atomic E-state index is 8.92. The summed E-state index contributed by atoms with van der Waals surface area (Å²) in [7, 11) is 1.49. The summed E-state index contributed by atoms with van der Waals surface area (Å²) in [6.45, 7) is 0. The standard InChI is InChI=1S/C11H6Cl2N2O/c1-16-10-3-7-9(2-6(10)4-14)15-5-8(12)11(7)13/h2-3,5H,1H3. The van der Waals surface area contributed by atoms with Gasteiger partial charge in [-0.3, -0.25) is 4.98 Å². The first-order chi connectivity index (χ1) is 7.67. The van der Waals surface area contributed by atoms with Gasteiger partial charge < -0.3 is 4.74 Å². The van der Waals surface area contributed by atoms with E-state index in [4.69, 9.17) is 33.2 Å². The number of pyridine rings is 1. The van der Waals surface area contributed by atoms with Crippen molar-refractivity contribution >= 4 is 34.1 Å². The SMILES string of the molecule is COc1cc2c(Cl)c(Cl)cnc2cc1C#N. The van der Waals surface area contributed by atoms with Crippen LogP contribution in [0.1, 0.15) is 5.56 Å². The molecule has 0 fully saturated rings. The molecule has 0 aliphatic carbocycles. The first-order valence-electron chi connectivity index (χ1n) is 4.39. The van der Waals surface area contributed by atoms with Crippen molar-refractivity contribution in [2.75, 3.05) is 7.11 Å². The van der Waals surface area contributed by atoms with Gasteiger partial charge in [0, 0.05) is 11.6 Å². The van der Waals surface area contributed by atoms with Gasteiger partial charge in [0.25, 0.3) is 0 Å². The quantitative estimate of drug-likeness (QED) is 0.782. The number of hydrogen-bond acceptors (Lipinski definition) is 3. The summed E-state index contributed by atoms with van der Waals surface area (Å²) in [5, 5.41) is 10.4. The van der Waals surface area contributed by atoms with E-state index in [-0.39, 0.29) is 0 Å². The molecule has 1 aromatic carbocycles. The molecule has 80 valence electrons. The molecule has 0 aliphatic rings. The number of nitriles is 1. The van der Waals surface area contributed by atoms with Crippen LogP contribution in [0.4, 0.5) is 0 Å². The smallest absolute Gasteiger partial charge is 0.137 e. The predicted octanol–water partition coefficient (Wildman–Crippen LogP) is 3.42. The highest BCUT2D eigenvalue weighted by molar-refractivity contribution is 6.45. The number of methoxy groups -OCH3 is 1. The zero-order valence-corrected chi connectivity index (χ0v) is 9.80. The van der Waals surface area contributed by atoms with Crippen molar-refractivity contribution in [3.63, 3.8) is 0 Å². The molecule has 0 aliphatic heterocycles. The number of nitrogens with zero attached hydrogens (tertiary/aromatic N) is 2. The van der Waals surface area contributed by atoms with Crippen LogP contribution in [-0.2, 0) is 0 Å². The Bertz CT molecular complexity index is 605. The molecule has 16 heavy (non-hydrogen) atoms. The summed E-state index contributed by atoms with van der Waals surface area (Å²) in [6, 6.07) is 5.31. The minimum atomic E-state index is 0.376. The van der Waals surface area contributed by atoms with Crippen LogP contribution in [-0.4, -0.2) is 12.1 Å². The maximum atomic E-state index is 8.92. The molecule has 0 radical (unpaired) electrons. The molecule has 1 heterocycles. The van der Waals surface area contributed by atoms with Gasteiger partial charge in [0.15, 0.2) is 0 Å². The molecule has 5 heteroatoms. The lowest BCUT2D eigenvalue weighted by Gasteiger charge is -2.06. The summed E-state index contributed by atoms with van der Waals surface area (Å²) in [4.78, 5) is 4.10. The van der Waals surface area contributed by atoms with Crippen LogP contribution < -0.4 is 4.74 Å². The molecule has 2 rings (SSSR count). The molecule has 2 aromatic rings. The topological polar surface area (TPSA) is 45.9 Å². The molecule has 0 saturated carbocycles. The fourth-order valence-corrected chi connectivity index (χ4v) is 1.77. The summed E-state index contributed by atoms with van der Waals surface area (Å²) in [6.07, 6.45) is 1.46. The van der Waals surface area contributed by atoms with E-state index in [1.54, 1.807) is 12.1 Å². The lowest BCUT2D eigenvalue weighted by atomic mass is 10.1. The lowest BCUT2D eigenvalue weighted by molar-refractivity contribution is 0.414. The molecule has 1 aromatic heterocycles. The normalized spacial score (nSPS) is 10.1. The van der Waals surface area contributed by atoms with Gasteiger partial charge in [0.05, 0.1) is 28.2 Å². The van der Waals surface area contributed by atoms with Crippen molar-refractivity contribution in [1.82, 2.24) is 4.98 Å². The Hall–Kier alpha value is -1.50. The van der Waals surface area contributed by atoms with E-state index in [9.17, 15) is 0 Å². The molecule has 0 unspecified atom stereocenters. The number of rotatable bonds is 1. The van der Waals surface area contributed by atoms with E-state index in [0.29, 0.717) is 32.3 Å². The number of hydrogen-bond donors (Lipinski definition) is 0. The molecule has 0 amide bonds. The van der Waals surface area contributed by atoms with Crippen LogP contribution in [0.5, 0.6) is 5.75 Å².